The summed E-state index contributed by atoms with van der Waals surface area (Å²) >= 11 is 1.37. The van der Waals surface area contributed by atoms with E-state index in [4.69, 9.17) is 0 Å². The molecular formula is C20H23FN4O2S2. The van der Waals surface area contributed by atoms with E-state index in [1.807, 2.05) is 20.9 Å². The molecule has 0 aliphatic heterocycles. The summed E-state index contributed by atoms with van der Waals surface area (Å²) in [6.07, 6.45) is 0. The second kappa shape index (κ2) is 9.06. The molecule has 6 nitrogen and oxygen atoms in total. The molecule has 29 heavy (non-hydrogen) atoms. The van der Waals surface area contributed by atoms with Crippen LogP contribution in [0.2, 0.25) is 0 Å². The molecule has 0 bridgehead atoms. The molecule has 0 radical (unpaired) electrons. The molecular weight excluding hydrogens is 411 g/mol. The van der Waals surface area contributed by atoms with Crippen LogP contribution in [0.25, 0.3) is 11.4 Å². The van der Waals surface area contributed by atoms with Gasteiger partial charge in [0, 0.05) is 31.5 Å². The number of hydrogen-bond donors (Lipinski definition) is 0. The Bertz CT molecular complexity index is 1100. The maximum absolute atomic E-state index is 13.8. The van der Waals surface area contributed by atoms with Gasteiger partial charge in [0.05, 0.1) is 4.90 Å². The van der Waals surface area contributed by atoms with Crippen molar-refractivity contribution in [1.82, 2.24) is 19.1 Å². The first-order chi connectivity index (χ1) is 13.9. The Morgan fingerprint density at radius 3 is 2.48 bits per heavy atom. The number of rotatable bonds is 8. The molecule has 0 aliphatic carbocycles. The lowest BCUT2D eigenvalue weighted by Gasteiger charge is -2.18. The van der Waals surface area contributed by atoms with E-state index in [2.05, 4.69) is 10.2 Å². The fraction of sp³-hybridized carbons (Fsp3) is 0.300. The van der Waals surface area contributed by atoms with Gasteiger partial charge in [0.1, 0.15) is 5.82 Å². The topological polar surface area (TPSA) is 68.1 Å². The first kappa shape index (κ1) is 21.5. The molecule has 9 heteroatoms. The van der Waals surface area contributed by atoms with Crippen LogP contribution in [0.5, 0.6) is 0 Å². The van der Waals surface area contributed by atoms with Crippen molar-refractivity contribution >= 4 is 21.8 Å². The van der Waals surface area contributed by atoms with E-state index in [1.54, 1.807) is 47.0 Å². The maximum Gasteiger partial charge on any atom is 0.243 e. The molecule has 0 unspecified atom stereocenters. The summed E-state index contributed by atoms with van der Waals surface area (Å²) in [5, 5.41) is 9.03. The lowest BCUT2D eigenvalue weighted by Crippen LogP contribution is -2.30. The Hall–Kier alpha value is -2.23. The summed E-state index contributed by atoms with van der Waals surface area (Å²) < 4.78 is 42.6. The van der Waals surface area contributed by atoms with Gasteiger partial charge in [-0.05, 0) is 23.8 Å². The van der Waals surface area contributed by atoms with Gasteiger partial charge in [0.25, 0.3) is 0 Å². The van der Waals surface area contributed by atoms with Crippen LogP contribution < -0.4 is 0 Å². The zero-order valence-electron chi connectivity index (χ0n) is 16.5. The normalized spacial score (nSPS) is 11.9. The fourth-order valence-electron chi connectivity index (χ4n) is 2.96. The summed E-state index contributed by atoms with van der Waals surface area (Å²) in [6.45, 7) is 4.44. The molecule has 3 aromatic rings. The van der Waals surface area contributed by atoms with Gasteiger partial charge in [-0.15, -0.1) is 10.2 Å². The Labute approximate surface area is 174 Å². The van der Waals surface area contributed by atoms with Gasteiger partial charge in [-0.1, -0.05) is 55.9 Å². The van der Waals surface area contributed by atoms with Gasteiger partial charge in [0.15, 0.2) is 11.0 Å². The highest BCUT2D eigenvalue weighted by Gasteiger charge is 2.22. The molecule has 0 aliphatic rings. The van der Waals surface area contributed by atoms with Crippen molar-refractivity contribution in [1.29, 1.82) is 0 Å². The number of aromatic nitrogens is 3. The average molecular weight is 435 g/mol. The predicted octanol–water partition coefficient (Wildman–Crippen LogP) is 3.94. The van der Waals surface area contributed by atoms with Gasteiger partial charge in [-0.25, -0.2) is 12.8 Å². The molecule has 0 amide bonds. The number of halogens is 1. The van der Waals surface area contributed by atoms with Gasteiger partial charge >= 0.3 is 0 Å². The third kappa shape index (κ3) is 4.52. The van der Waals surface area contributed by atoms with Crippen molar-refractivity contribution in [2.75, 3.05) is 13.1 Å². The minimum absolute atomic E-state index is 0.224. The van der Waals surface area contributed by atoms with E-state index in [0.717, 1.165) is 0 Å². The zero-order chi connectivity index (χ0) is 21.0. The molecule has 0 saturated heterocycles. The van der Waals surface area contributed by atoms with E-state index in [9.17, 15) is 12.8 Å². The van der Waals surface area contributed by atoms with Crippen LogP contribution in [0.3, 0.4) is 0 Å². The molecule has 0 spiro atoms. The van der Waals surface area contributed by atoms with Crippen LogP contribution in [-0.2, 0) is 22.8 Å². The Balaban J connectivity index is 1.86. The summed E-state index contributed by atoms with van der Waals surface area (Å²) in [5.41, 5.74) is 1.25. The molecule has 0 N–H and O–H groups in total. The summed E-state index contributed by atoms with van der Waals surface area (Å²) in [4.78, 5) is 0.224. The van der Waals surface area contributed by atoms with E-state index < -0.39 is 10.0 Å². The standard InChI is InChI=1S/C20H23FN4O2S2/c1-4-25(5-2)29(26,27)17-11-8-10-15(13-17)19-22-23-20(24(19)3)28-14-16-9-6-7-12-18(16)21/h6-13H,4-5,14H2,1-3H3. The third-order valence-electron chi connectivity index (χ3n) is 4.58. The highest BCUT2D eigenvalue weighted by Crippen LogP contribution is 2.27. The van der Waals surface area contributed by atoms with Gasteiger partial charge in [-0.3, -0.25) is 0 Å². The van der Waals surface area contributed by atoms with Crippen LogP contribution >= 0.6 is 11.8 Å². The monoisotopic (exact) mass is 434 g/mol. The van der Waals surface area contributed by atoms with Gasteiger partial charge in [0.2, 0.25) is 10.0 Å². The van der Waals surface area contributed by atoms with E-state index in [-0.39, 0.29) is 10.7 Å². The third-order valence-corrected chi connectivity index (χ3v) is 7.70. The highest BCUT2D eigenvalue weighted by molar-refractivity contribution is 7.98. The lowest BCUT2D eigenvalue weighted by molar-refractivity contribution is 0.445. The van der Waals surface area contributed by atoms with Crippen LogP contribution in [0.4, 0.5) is 4.39 Å². The van der Waals surface area contributed by atoms with Crippen molar-refractivity contribution in [2.24, 2.45) is 7.05 Å². The number of thioether (sulfide) groups is 1. The number of benzene rings is 2. The van der Waals surface area contributed by atoms with Crippen LogP contribution in [-0.4, -0.2) is 40.6 Å². The summed E-state index contributed by atoms with van der Waals surface area (Å²) in [5.74, 6) is 0.726. The minimum Gasteiger partial charge on any atom is -0.305 e. The van der Waals surface area contributed by atoms with Gasteiger partial charge in [-0.2, -0.15) is 4.31 Å². The van der Waals surface area contributed by atoms with Crippen LogP contribution in [0, 0.1) is 5.82 Å². The average Bonchev–Trinajstić information content (AvgIpc) is 3.08. The second-order valence-electron chi connectivity index (χ2n) is 6.36. The SMILES string of the molecule is CCN(CC)S(=O)(=O)c1cccc(-c2nnc(SCc3ccccc3F)n2C)c1. The van der Waals surface area contributed by atoms with Crippen molar-refractivity contribution < 1.29 is 12.8 Å². The van der Waals surface area contributed by atoms with Crippen molar-refractivity contribution in [3.8, 4) is 11.4 Å². The fourth-order valence-corrected chi connectivity index (χ4v) is 5.36. The van der Waals surface area contributed by atoms with Crippen LogP contribution in [0.1, 0.15) is 19.4 Å². The number of nitrogens with zero attached hydrogens (tertiary/aromatic N) is 4. The van der Waals surface area contributed by atoms with Crippen molar-refractivity contribution in [3.05, 3.63) is 59.9 Å². The smallest absolute Gasteiger partial charge is 0.243 e. The quantitative estimate of drug-likeness (QED) is 0.502. The summed E-state index contributed by atoms with van der Waals surface area (Å²) in [6, 6.07) is 13.3. The van der Waals surface area contributed by atoms with E-state index in [0.29, 0.717) is 41.0 Å². The predicted molar refractivity (Wildman–Crippen MR) is 113 cm³/mol. The molecule has 1 heterocycles. The molecule has 0 saturated carbocycles. The molecule has 3 rings (SSSR count). The largest absolute Gasteiger partial charge is 0.305 e. The Kier molecular flexibility index (Phi) is 6.71. The van der Waals surface area contributed by atoms with Gasteiger partial charge < -0.3 is 4.57 Å². The Morgan fingerprint density at radius 2 is 1.79 bits per heavy atom. The first-order valence-corrected chi connectivity index (χ1v) is 11.7. The van der Waals surface area contributed by atoms with Crippen molar-refractivity contribution in [2.45, 2.75) is 29.7 Å². The van der Waals surface area contributed by atoms with E-state index >= 15 is 0 Å². The lowest BCUT2D eigenvalue weighted by atomic mass is 10.2. The summed E-state index contributed by atoms with van der Waals surface area (Å²) in [7, 11) is -1.75. The van der Waals surface area contributed by atoms with E-state index in [1.165, 1.54) is 22.1 Å². The Morgan fingerprint density at radius 1 is 1.07 bits per heavy atom. The zero-order valence-corrected chi connectivity index (χ0v) is 18.2. The highest BCUT2D eigenvalue weighted by atomic mass is 32.2. The first-order valence-electron chi connectivity index (χ1n) is 9.24. The number of sulfonamides is 1. The molecule has 0 fully saturated rings. The molecule has 2 aromatic carbocycles. The number of hydrogen-bond acceptors (Lipinski definition) is 5. The minimum atomic E-state index is -3.56. The molecule has 0 atom stereocenters. The van der Waals surface area contributed by atoms with Crippen LogP contribution in [0.15, 0.2) is 58.6 Å². The van der Waals surface area contributed by atoms with Crippen molar-refractivity contribution in [3.63, 3.8) is 0 Å². The molecule has 154 valence electrons. The maximum atomic E-state index is 13.8. The molecule has 1 aromatic heterocycles. The second-order valence-corrected chi connectivity index (χ2v) is 9.24.